The van der Waals surface area contributed by atoms with Gasteiger partial charge in [0, 0.05) is 39.0 Å². The zero-order valence-corrected chi connectivity index (χ0v) is 21.5. The van der Waals surface area contributed by atoms with E-state index in [1.54, 1.807) is 17.3 Å². The van der Waals surface area contributed by atoms with Gasteiger partial charge in [-0.2, -0.15) is 0 Å². The first-order valence-corrected chi connectivity index (χ1v) is 13.6. The maximum absolute atomic E-state index is 12.9. The number of hydrogen-bond donors (Lipinski definition) is 1. The topological polar surface area (TPSA) is 79.4 Å². The predicted molar refractivity (Wildman–Crippen MR) is 136 cm³/mol. The van der Waals surface area contributed by atoms with Gasteiger partial charge in [0.05, 0.1) is 5.75 Å². The van der Waals surface area contributed by atoms with Crippen LogP contribution in [0.15, 0.2) is 66.5 Å². The Balaban J connectivity index is 1.62. The molecule has 1 aromatic carbocycles. The van der Waals surface area contributed by atoms with Gasteiger partial charge in [0.25, 0.3) is 0 Å². The summed E-state index contributed by atoms with van der Waals surface area (Å²) in [5.74, 6) is 1.09. The molecule has 3 atom stereocenters. The van der Waals surface area contributed by atoms with Crippen molar-refractivity contribution in [2.24, 2.45) is 23.7 Å². The highest BCUT2D eigenvalue weighted by Gasteiger charge is 2.33. The lowest BCUT2D eigenvalue weighted by molar-refractivity contribution is -0.131. The largest absolute Gasteiger partial charge is 0.341 e. The number of nitrogens with zero attached hydrogens (tertiary/aromatic N) is 2. The summed E-state index contributed by atoms with van der Waals surface area (Å²) in [5, 5.41) is 0. The summed E-state index contributed by atoms with van der Waals surface area (Å²) in [6, 6.07) is 13.1. The zero-order valence-electron chi connectivity index (χ0n) is 20.6. The molecule has 0 spiro atoms. The van der Waals surface area contributed by atoms with Crippen LogP contribution in [0.25, 0.3) is 0 Å². The molecule has 1 heterocycles. The van der Waals surface area contributed by atoms with E-state index in [4.69, 9.17) is 0 Å². The van der Waals surface area contributed by atoms with Gasteiger partial charge in [0.1, 0.15) is 0 Å². The van der Waals surface area contributed by atoms with Crippen molar-refractivity contribution >= 4 is 15.9 Å². The minimum Gasteiger partial charge on any atom is -0.341 e. The second kappa shape index (κ2) is 11.8. The molecular formula is C27H37N3O3S. The average Bonchev–Trinajstić information content (AvgIpc) is 2.80. The van der Waals surface area contributed by atoms with Crippen LogP contribution in [0.3, 0.4) is 0 Å². The van der Waals surface area contributed by atoms with E-state index >= 15 is 0 Å². The van der Waals surface area contributed by atoms with E-state index in [0.717, 1.165) is 17.5 Å². The molecular weight excluding hydrogens is 446 g/mol. The number of amides is 1. The van der Waals surface area contributed by atoms with Crippen LogP contribution in [-0.2, 0) is 27.1 Å². The number of benzene rings is 1. The van der Waals surface area contributed by atoms with Gasteiger partial charge < -0.3 is 4.90 Å². The Morgan fingerprint density at radius 2 is 1.85 bits per heavy atom. The first-order valence-electron chi connectivity index (χ1n) is 12.0. The highest BCUT2D eigenvalue weighted by Crippen LogP contribution is 2.39. The van der Waals surface area contributed by atoms with Crippen LogP contribution in [0.4, 0.5) is 0 Å². The van der Waals surface area contributed by atoms with Crippen LogP contribution in [-0.4, -0.2) is 37.8 Å². The molecule has 34 heavy (non-hydrogen) atoms. The van der Waals surface area contributed by atoms with Gasteiger partial charge >= 0.3 is 0 Å². The lowest BCUT2D eigenvalue weighted by atomic mass is 9.70. The van der Waals surface area contributed by atoms with Crippen molar-refractivity contribution in [3.05, 3.63) is 77.6 Å². The molecule has 0 aliphatic heterocycles. The Morgan fingerprint density at radius 3 is 2.50 bits per heavy atom. The lowest BCUT2D eigenvalue weighted by Crippen LogP contribution is -2.38. The van der Waals surface area contributed by atoms with Gasteiger partial charge in [-0.15, -0.1) is 0 Å². The van der Waals surface area contributed by atoms with E-state index in [2.05, 4.69) is 36.6 Å². The van der Waals surface area contributed by atoms with Gasteiger partial charge in [-0.1, -0.05) is 61.9 Å². The summed E-state index contributed by atoms with van der Waals surface area (Å²) in [6.45, 7) is 7.36. The standard InChI is InChI=1S/C27H37N3O3S/c1-20(2)26-14-24(15-27(31)30(4)18-23-11-8-12-28-16-23)21(3)13-25(26)17-29-34(32,33)19-22-9-6-5-7-10-22/h5-13,16,20,24-26,29H,14-15,17-19H2,1-4H3. The smallest absolute Gasteiger partial charge is 0.223 e. The number of rotatable bonds is 10. The van der Waals surface area contributed by atoms with E-state index in [9.17, 15) is 13.2 Å². The number of hydrogen-bond acceptors (Lipinski definition) is 4. The lowest BCUT2D eigenvalue weighted by Gasteiger charge is -2.37. The molecule has 2 aromatic rings. The van der Waals surface area contributed by atoms with Crippen LogP contribution in [0, 0.1) is 23.7 Å². The predicted octanol–water partition coefficient (Wildman–Crippen LogP) is 4.40. The average molecular weight is 484 g/mol. The minimum absolute atomic E-state index is 0.0179. The normalized spacial score (nSPS) is 20.7. The Labute approximate surface area is 204 Å². The Bertz CT molecular complexity index is 1070. The van der Waals surface area contributed by atoms with Crippen molar-refractivity contribution in [2.45, 2.75) is 45.9 Å². The number of nitrogens with one attached hydrogen (secondary N) is 1. The molecule has 0 fully saturated rings. The van der Waals surface area contributed by atoms with Crippen molar-refractivity contribution in [3.63, 3.8) is 0 Å². The fraction of sp³-hybridized carbons (Fsp3) is 0.481. The molecule has 1 aliphatic rings. The fourth-order valence-electron chi connectivity index (χ4n) is 4.80. The maximum Gasteiger partial charge on any atom is 0.223 e. The summed E-state index contributed by atoms with van der Waals surface area (Å²) in [4.78, 5) is 18.8. The summed E-state index contributed by atoms with van der Waals surface area (Å²) in [5.41, 5.74) is 2.96. The second-order valence-corrected chi connectivity index (χ2v) is 11.6. The third-order valence-corrected chi connectivity index (χ3v) is 8.13. The van der Waals surface area contributed by atoms with E-state index in [1.807, 2.05) is 49.5 Å². The van der Waals surface area contributed by atoms with Crippen LogP contribution < -0.4 is 4.72 Å². The molecule has 1 N–H and O–H groups in total. The quantitative estimate of drug-likeness (QED) is 0.508. The van der Waals surface area contributed by atoms with Crippen molar-refractivity contribution in [1.29, 1.82) is 0 Å². The maximum atomic E-state index is 12.9. The number of carbonyl (C=O) groups is 1. The molecule has 3 rings (SSSR count). The molecule has 0 saturated carbocycles. The summed E-state index contributed by atoms with van der Waals surface area (Å²) >= 11 is 0. The van der Waals surface area contributed by atoms with Gasteiger partial charge in [-0.3, -0.25) is 9.78 Å². The van der Waals surface area contributed by atoms with Gasteiger partial charge in [-0.05, 0) is 54.2 Å². The SMILES string of the molecule is CC1=CC(CNS(=O)(=O)Cc2ccccc2)C(C(C)C)CC1CC(=O)N(C)Cc1cccnc1. The van der Waals surface area contributed by atoms with E-state index in [1.165, 1.54) is 5.57 Å². The molecule has 1 aromatic heterocycles. The van der Waals surface area contributed by atoms with Crippen molar-refractivity contribution in [2.75, 3.05) is 13.6 Å². The minimum atomic E-state index is -3.42. The Hall–Kier alpha value is -2.51. The molecule has 0 radical (unpaired) electrons. The number of carbonyl (C=O) groups excluding carboxylic acids is 1. The number of pyridine rings is 1. The van der Waals surface area contributed by atoms with Crippen LogP contribution in [0.5, 0.6) is 0 Å². The fourth-order valence-corrected chi connectivity index (χ4v) is 5.98. The highest BCUT2D eigenvalue weighted by molar-refractivity contribution is 7.88. The number of sulfonamides is 1. The van der Waals surface area contributed by atoms with Crippen LogP contribution >= 0.6 is 0 Å². The van der Waals surface area contributed by atoms with E-state index < -0.39 is 10.0 Å². The number of allylic oxidation sites excluding steroid dienone is 1. The molecule has 184 valence electrons. The van der Waals surface area contributed by atoms with Crippen molar-refractivity contribution < 1.29 is 13.2 Å². The molecule has 0 bridgehead atoms. The molecule has 1 amide bonds. The van der Waals surface area contributed by atoms with E-state index in [-0.39, 0.29) is 23.5 Å². The molecule has 0 saturated heterocycles. The monoisotopic (exact) mass is 483 g/mol. The highest BCUT2D eigenvalue weighted by atomic mass is 32.2. The number of aromatic nitrogens is 1. The third-order valence-electron chi connectivity index (χ3n) is 6.81. The van der Waals surface area contributed by atoms with E-state index in [0.29, 0.717) is 31.3 Å². The first kappa shape index (κ1) is 26.1. The second-order valence-electron chi connectivity index (χ2n) is 9.82. The third kappa shape index (κ3) is 7.50. The Kier molecular flexibility index (Phi) is 9.03. The first-order chi connectivity index (χ1) is 16.1. The molecule has 7 heteroatoms. The van der Waals surface area contributed by atoms with Crippen molar-refractivity contribution in [1.82, 2.24) is 14.6 Å². The summed E-state index contributed by atoms with van der Waals surface area (Å²) < 4.78 is 28.1. The zero-order chi connectivity index (χ0) is 24.7. The van der Waals surface area contributed by atoms with Crippen LogP contribution in [0.1, 0.15) is 44.7 Å². The summed E-state index contributed by atoms with van der Waals surface area (Å²) in [6.07, 6.45) is 7.06. The van der Waals surface area contributed by atoms with Gasteiger partial charge in [-0.25, -0.2) is 13.1 Å². The van der Waals surface area contributed by atoms with Crippen molar-refractivity contribution in [3.8, 4) is 0 Å². The van der Waals surface area contributed by atoms with Gasteiger partial charge in [0.2, 0.25) is 15.9 Å². The Morgan fingerprint density at radius 1 is 1.15 bits per heavy atom. The van der Waals surface area contributed by atoms with Gasteiger partial charge in [0.15, 0.2) is 0 Å². The molecule has 6 nitrogen and oxygen atoms in total. The summed E-state index contributed by atoms with van der Waals surface area (Å²) in [7, 11) is -1.58. The van der Waals surface area contributed by atoms with Crippen LogP contribution in [0.2, 0.25) is 0 Å². The molecule has 1 aliphatic carbocycles. The molecule has 3 unspecified atom stereocenters.